The summed E-state index contributed by atoms with van der Waals surface area (Å²) in [7, 11) is 0. The first-order valence-corrected chi connectivity index (χ1v) is 7.88. The van der Waals surface area contributed by atoms with E-state index in [0.717, 1.165) is 37.1 Å². The van der Waals surface area contributed by atoms with Gasteiger partial charge in [-0.05, 0) is 25.7 Å². The molecule has 0 atom stereocenters. The third-order valence-corrected chi connectivity index (χ3v) is 3.68. The Balaban J connectivity index is 2.41. The van der Waals surface area contributed by atoms with Gasteiger partial charge in [0.25, 0.3) is 0 Å². The number of benzene rings is 1. The molecule has 0 saturated carbocycles. The number of aromatic nitrogens is 2. The fourth-order valence-corrected chi connectivity index (χ4v) is 2.47. The molecule has 0 fully saturated rings. The minimum absolute atomic E-state index is 0.351. The molecule has 0 amide bonds. The number of hydrogen-bond donors (Lipinski definition) is 1. The van der Waals surface area contributed by atoms with Crippen molar-refractivity contribution in [1.82, 2.24) is 9.78 Å². The number of aromatic hydroxyl groups is 1. The molecule has 1 aromatic heterocycles. The molecule has 0 aliphatic carbocycles. The average molecular weight is 286 g/mol. The molecule has 114 valence electrons. The average Bonchev–Trinajstić information content (AvgIpc) is 2.74. The third-order valence-electron chi connectivity index (χ3n) is 3.68. The second-order valence-electron chi connectivity index (χ2n) is 6.18. The minimum atomic E-state index is 0.351. The molecule has 0 aliphatic rings. The summed E-state index contributed by atoms with van der Waals surface area (Å²) in [5, 5.41) is 15.3. The van der Waals surface area contributed by atoms with Gasteiger partial charge >= 0.3 is 0 Å². The van der Waals surface area contributed by atoms with E-state index in [2.05, 4.69) is 44.9 Å². The van der Waals surface area contributed by atoms with Crippen LogP contribution in [-0.4, -0.2) is 14.9 Å². The molecule has 21 heavy (non-hydrogen) atoms. The largest absolute Gasteiger partial charge is 0.504 e. The first-order valence-electron chi connectivity index (χ1n) is 7.88. The van der Waals surface area contributed by atoms with Gasteiger partial charge < -0.3 is 5.11 Å². The summed E-state index contributed by atoms with van der Waals surface area (Å²) in [6.45, 7) is 9.45. The van der Waals surface area contributed by atoms with Crippen molar-refractivity contribution in [1.29, 1.82) is 0 Å². The van der Waals surface area contributed by atoms with Crippen molar-refractivity contribution in [3.63, 3.8) is 0 Å². The molecule has 1 N–H and O–H groups in total. The maximum atomic E-state index is 10.6. The first kappa shape index (κ1) is 15.6. The zero-order chi connectivity index (χ0) is 15.4. The van der Waals surface area contributed by atoms with Gasteiger partial charge in [-0.25, -0.2) is 0 Å². The summed E-state index contributed by atoms with van der Waals surface area (Å²) in [5.74, 6) is 0.850. The van der Waals surface area contributed by atoms with Crippen molar-refractivity contribution in [2.45, 2.75) is 53.5 Å². The Morgan fingerprint density at radius 1 is 1.19 bits per heavy atom. The van der Waals surface area contributed by atoms with Crippen LogP contribution in [0.4, 0.5) is 0 Å². The van der Waals surface area contributed by atoms with E-state index in [1.165, 1.54) is 5.56 Å². The summed E-state index contributed by atoms with van der Waals surface area (Å²) in [6, 6.07) is 8.17. The summed E-state index contributed by atoms with van der Waals surface area (Å²) in [4.78, 5) is 0. The van der Waals surface area contributed by atoms with E-state index >= 15 is 0 Å². The topological polar surface area (TPSA) is 38.0 Å². The lowest BCUT2D eigenvalue weighted by molar-refractivity contribution is 0.451. The number of hydrogen-bond acceptors (Lipinski definition) is 2. The van der Waals surface area contributed by atoms with Crippen LogP contribution in [-0.2, 0) is 13.0 Å². The van der Waals surface area contributed by atoms with Crippen LogP contribution in [0.1, 0.15) is 44.9 Å². The molecule has 0 saturated heterocycles. The van der Waals surface area contributed by atoms with Gasteiger partial charge in [0, 0.05) is 12.1 Å². The monoisotopic (exact) mass is 286 g/mol. The zero-order valence-corrected chi connectivity index (χ0v) is 13.6. The van der Waals surface area contributed by atoms with Crippen LogP contribution in [0.2, 0.25) is 0 Å². The summed E-state index contributed by atoms with van der Waals surface area (Å²) >= 11 is 0. The fraction of sp³-hybridized carbons (Fsp3) is 0.500. The highest BCUT2D eigenvalue weighted by molar-refractivity contribution is 5.67. The molecular weight excluding hydrogens is 260 g/mol. The summed E-state index contributed by atoms with van der Waals surface area (Å²) < 4.78 is 1.99. The molecule has 0 bridgehead atoms. The fourth-order valence-electron chi connectivity index (χ4n) is 2.47. The Kier molecular flexibility index (Phi) is 5.05. The van der Waals surface area contributed by atoms with Crippen LogP contribution in [0.3, 0.4) is 0 Å². The molecule has 0 aliphatic heterocycles. The van der Waals surface area contributed by atoms with Crippen molar-refractivity contribution in [3.05, 3.63) is 35.5 Å². The molecule has 0 spiro atoms. The van der Waals surface area contributed by atoms with Gasteiger partial charge in [-0.3, -0.25) is 4.68 Å². The third kappa shape index (κ3) is 3.66. The highest BCUT2D eigenvalue weighted by Crippen LogP contribution is 2.33. The second-order valence-corrected chi connectivity index (χ2v) is 6.18. The maximum Gasteiger partial charge on any atom is 0.164 e. The van der Waals surface area contributed by atoms with E-state index in [-0.39, 0.29) is 0 Å². The highest BCUT2D eigenvalue weighted by Gasteiger charge is 2.19. The van der Waals surface area contributed by atoms with E-state index in [1.54, 1.807) is 0 Å². The summed E-state index contributed by atoms with van der Waals surface area (Å²) in [6.07, 6.45) is 3.07. The Labute approximate surface area is 127 Å². The molecule has 1 heterocycles. The van der Waals surface area contributed by atoms with Crippen LogP contribution in [0, 0.1) is 12.8 Å². The van der Waals surface area contributed by atoms with Crippen LogP contribution < -0.4 is 0 Å². The second kappa shape index (κ2) is 6.79. The zero-order valence-electron chi connectivity index (χ0n) is 13.6. The van der Waals surface area contributed by atoms with Crippen molar-refractivity contribution in [2.75, 3.05) is 0 Å². The molecule has 1 aromatic carbocycles. The number of aryl methyl sites for hydroxylation is 2. The highest BCUT2D eigenvalue weighted by atomic mass is 16.3. The van der Waals surface area contributed by atoms with Crippen molar-refractivity contribution < 1.29 is 5.11 Å². The van der Waals surface area contributed by atoms with E-state index < -0.39 is 0 Å². The van der Waals surface area contributed by atoms with E-state index in [0.29, 0.717) is 17.4 Å². The van der Waals surface area contributed by atoms with Gasteiger partial charge in [0.2, 0.25) is 0 Å². The van der Waals surface area contributed by atoms with Gasteiger partial charge in [-0.2, -0.15) is 5.10 Å². The van der Waals surface area contributed by atoms with Gasteiger partial charge in [0.1, 0.15) is 5.69 Å². The van der Waals surface area contributed by atoms with Gasteiger partial charge in [-0.1, -0.05) is 57.0 Å². The predicted octanol–water partition coefficient (Wildman–Crippen LogP) is 4.56. The smallest absolute Gasteiger partial charge is 0.164 e. The van der Waals surface area contributed by atoms with Crippen LogP contribution >= 0.6 is 0 Å². The standard InChI is InChI=1S/C18H26N2O/c1-5-6-11-20-16(12-13(2)3)18(21)17(19-20)15-9-7-14(4)8-10-15/h7-10,13,21H,5-6,11-12H2,1-4H3. The lowest BCUT2D eigenvalue weighted by atomic mass is 10.0. The Morgan fingerprint density at radius 3 is 2.43 bits per heavy atom. The Bertz CT molecular complexity index is 582. The SMILES string of the molecule is CCCCn1nc(-c2ccc(C)cc2)c(O)c1CC(C)C. The van der Waals surface area contributed by atoms with Crippen molar-refractivity contribution in [2.24, 2.45) is 5.92 Å². The lowest BCUT2D eigenvalue weighted by Crippen LogP contribution is -2.07. The van der Waals surface area contributed by atoms with Crippen molar-refractivity contribution in [3.8, 4) is 17.0 Å². The van der Waals surface area contributed by atoms with Crippen molar-refractivity contribution >= 4 is 0 Å². The Morgan fingerprint density at radius 2 is 1.86 bits per heavy atom. The van der Waals surface area contributed by atoms with Crippen LogP contribution in [0.25, 0.3) is 11.3 Å². The molecule has 3 nitrogen and oxygen atoms in total. The predicted molar refractivity (Wildman–Crippen MR) is 87.5 cm³/mol. The van der Waals surface area contributed by atoms with E-state index in [1.807, 2.05) is 16.8 Å². The number of unbranched alkanes of at least 4 members (excludes halogenated alkanes) is 1. The lowest BCUT2D eigenvalue weighted by Gasteiger charge is -2.08. The molecule has 2 aromatic rings. The number of rotatable bonds is 6. The van der Waals surface area contributed by atoms with Gasteiger partial charge in [0.15, 0.2) is 5.75 Å². The molecular formula is C18H26N2O. The van der Waals surface area contributed by atoms with Gasteiger partial charge in [0.05, 0.1) is 5.69 Å². The van der Waals surface area contributed by atoms with E-state index in [9.17, 15) is 5.11 Å². The molecule has 2 rings (SSSR count). The molecule has 3 heteroatoms. The molecule has 0 unspecified atom stereocenters. The van der Waals surface area contributed by atoms with E-state index in [4.69, 9.17) is 0 Å². The minimum Gasteiger partial charge on any atom is -0.504 e. The van der Waals surface area contributed by atoms with Gasteiger partial charge in [-0.15, -0.1) is 0 Å². The normalized spacial score (nSPS) is 11.3. The van der Waals surface area contributed by atoms with Crippen LogP contribution in [0.5, 0.6) is 5.75 Å². The Hall–Kier alpha value is -1.77. The van der Waals surface area contributed by atoms with Crippen LogP contribution in [0.15, 0.2) is 24.3 Å². The quantitative estimate of drug-likeness (QED) is 0.845. The number of nitrogens with zero attached hydrogens (tertiary/aromatic N) is 2. The first-order chi connectivity index (χ1) is 10.0. The molecule has 0 radical (unpaired) electrons. The maximum absolute atomic E-state index is 10.6. The summed E-state index contributed by atoms with van der Waals surface area (Å²) in [5.41, 5.74) is 3.88.